The van der Waals surface area contributed by atoms with E-state index in [0.717, 1.165) is 24.0 Å². The van der Waals surface area contributed by atoms with Crippen LogP contribution in [0.4, 0.5) is 0 Å². The Labute approximate surface area is 144 Å². The summed E-state index contributed by atoms with van der Waals surface area (Å²) in [5.41, 5.74) is 2.87. The maximum absolute atomic E-state index is 12.1. The van der Waals surface area contributed by atoms with Crippen LogP contribution < -0.4 is 0 Å². The maximum atomic E-state index is 12.1. The zero-order valence-corrected chi connectivity index (χ0v) is 15.1. The van der Waals surface area contributed by atoms with Crippen molar-refractivity contribution in [3.63, 3.8) is 0 Å². The van der Waals surface area contributed by atoms with Crippen LogP contribution in [0.3, 0.4) is 0 Å². The highest BCUT2D eigenvalue weighted by atomic mass is 16.5. The van der Waals surface area contributed by atoms with Crippen LogP contribution in [-0.2, 0) is 27.1 Å². The fourth-order valence-electron chi connectivity index (χ4n) is 2.78. The fourth-order valence-corrected chi connectivity index (χ4v) is 2.78. The first-order chi connectivity index (χ1) is 11.4. The molecule has 4 nitrogen and oxygen atoms in total. The molecule has 1 atom stereocenters. The van der Waals surface area contributed by atoms with E-state index in [-0.39, 0.29) is 17.9 Å². The van der Waals surface area contributed by atoms with E-state index >= 15 is 0 Å². The van der Waals surface area contributed by atoms with Crippen LogP contribution in [0.1, 0.15) is 55.6 Å². The summed E-state index contributed by atoms with van der Waals surface area (Å²) in [5, 5.41) is 0. The van der Waals surface area contributed by atoms with Crippen molar-refractivity contribution in [2.24, 2.45) is 17.8 Å². The third-order valence-corrected chi connectivity index (χ3v) is 4.11. The molecular weight excluding hydrogens is 304 g/mol. The molecule has 0 radical (unpaired) electrons. The molecule has 4 heteroatoms. The molecule has 0 bridgehead atoms. The molecule has 0 unspecified atom stereocenters. The molecule has 0 fully saturated rings. The molecule has 0 amide bonds. The van der Waals surface area contributed by atoms with Crippen molar-refractivity contribution in [1.29, 1.82) is 0 Å². The second-order valence-corrected chi connectivity index (χ2v) is 7.44. The van der Waals surface area contributed by atoms with Crippen LogP contribution in [0, 0.1) is 17.8 Å². The molecule has 1 aliphatic rings. The Morgan fingerprint density at radius 3 is 2.38 bits per heavy atom. The first-order valence-corrected chi connectivity index (χ1v) is 8.82. The van der Waals surface area contributed by atoms with Gasteiger partial charge in [-0.3, -0.25) is 4.79 Å². The van der Waals surface area contributed by atoms with Gasteiger partial charge in [0.2, 0.25) is 0 Å². The van der Waals surface area contributed by atoms with Crippen molar-refractivity contribution in [3.8, 4) is 0 Å². The minimum absolute atomic E-state index is 0.0741. The van der Waals surface area contributed by atoms with Gasteiger partial charge in [-0.05, 0) is 54.4 Å². The second kappa shape index (κ2) is 8.32. The van der Waals surface area contributed by atoms with E-state index in [1.165, 1.54) is 0 Å². The average Bonchev–Trinajstić information content (AvgIpc) is 2.56. The van der Waals surface area contributed by atoms with Gasteiger partial charge in [0.05, 0.1) is 24.7 Å². The van der Waals surface area contributed by atoms with Gasteiger partial charge in [0.15, 0.2) is 0 Å². The average molecular weight is 332 g/mol. The number of ether oxygens (including phenoxy) is 2. The molecule has 0 saturated carbocycles. The molecule has 1 aromatic carbocycles. The summed E-state index contributed by atoms with van der Waals surface area (Å²) >= 11 is 0. The minimum Gasteiger partial charge on any atom is -0.465 e. The number of esters is 2. The van der Waals surface area contributed by atoms with Crippen LogP contribution in [0.25, 0.3) is 0 Å². The van der Waals surface area contributed by atoms with Gasteiger partial charge in [-0.25, -0.2) is 4.79 Å². The summed E-state index contributed by atoms with van der Waals surface area (Å²) in [6.45, 7) is 8.99. The van der Waals surface area contributed by atoms with Gasteiger partial charge in [-0.2, -0.15) is 0 Å². The lowest BCUT2D eigenvalue weighted by Gasteiger charge is -2.24. The Morgan fingerprint density at radius 1 is 1.04 bits per heavy atom. The first kappa shape index (κ1) is 18.5. The Kier molecular flexibility index (Phi) is 6.41. The summed E-state index contributed by atoms with van der Waals surface area (Å²) in [6.07, 6.45) is 2.25. The van der Waals surface area contributed by atoms with Gasteiger partial charge in [0.1, 0.15) is 0 Å². The van der Waals surface area contributed by atoms with Crippen molar-refractivity contribution in [3.05, 3.63) is 34.9 Å². The zero-order chi connectivity index (χ0) is 17.7. The van der Waals surface area contributed by atoms with Crippen molar-refractivity contribution in [1.82, 2.24) is 0 Å². The van der Waals surface area contributed by atoms with E-state index in [2.05, 4.69) is 0 Å². The monoisotopic (exact) mass is 332 g/mol. The highest BCUT2D eigenvalue weighted by Crippen LogP contribution is 2.27. The predicted molar refractivity (Wildman–Crippen MR) is 92.9 cm³/mol. The van der Waals surface area contributed by atoms with Crippen LogP contribution >= 0.6 is 0 Å². The fraction of sp³-hybridized carbons (Fsp3) is 0.600. The predicted octanol–water partition coefficient (Wildman–Crippen LogP) is 3.80. The minimum atomic E-state index is -0.273. The van der Waals surface area contributed by atoms with Crippen LogP contribution in [0.5, 0.6) is 0 Å². The molecule has 0 aromatic heterocycles. The van der Waals surface area contributed by atoms with Crippen molar-refractivity contribution in [2.45, 2.75) is 47.0 Å². The van der Waals surface area contributed by atoms with E-state index in [4.69, 9.17) is 9.47 Å². The van der Waals surface area contributed by atoms with Crippen LogP contribution in [0.15, 0.2) is 18.2 Å². The molecule has 132 valence electrons. The number of hydrogen-bond acceptors (Lipinski definition) is 4. The molecule has 2 rings (SSSR count). The van der Waals surface area contributed by atoms with Gasteiger partial charge in [-0.15, -0.1) is 0 Å². The molecule has 24 heavy (non-hydrogen) atoms. The van der Waals surface area contributed by atoms with Crippen LogP contribution in [-0.4, -0.2) is 25.2 Å². The number of rotatable bonds is 6. The Morgan fingerprint density at radius 2 is 1.71 bits per heavy atom. The van der Waals surface area contributed by atoms with Crippen molar-refractivity contribution >= 4 is 11.9 Å². The number of benzene rings is 1. The van der Waals surface area contributed by atoms with Crippen molar-refractivity contribution < 1.29 is 19.1 Å². The van der Waals surface area contributed by atoms with E-state index in [0.29, 0.717) is 37.0 Å². The molecular formula is C20H28O4. The number of fused-ring (bicyclic) bond motifs is 1. The quantitative estimate of drug-likeness (QED) is 0.744. The van der Waals surface area contributed by atoms with E-state index in [1.807, 2.05) is 39.8 Å². The summed E-state index contributed by atoms with van der Waals surface area (Å²) in [6, 6.07) is 5.65. The summed E-state index contributed by atoms with van der Waals surface area (Å²) in [5.74, 6) is 0.225. The van der Waals surface area contributed by atoms with Gasteiger partial charge < -0.3 is 9.47 Å². The van der Waals surface area contributed by atoms with E-state index < -0.39 is 0 Å². The molecule has 1 aromatic rings. The normalized spacial score (nSPS) is 16.8. The highest BCUT2D eigenvalue weighted by Gasteiger charge is 2.26. The molecule has 0 N–H and O–H groups in total. The molecule has 0 spiro atoms. The molecule has 1 aliphatic carbocycles. The highest BCUT2D eigenvalue weighted by molar-refractivity contribution is 5.89. The van der Waals surface area contributed by atoms with Gasteiger partial charge in [0.25, 0.3) is 0 Å². The number of aryl methyl sites for hydroxylation is 1. The topological polar surface area (TPSA) is 52.6 Å². The largest absolute Gasteiger partial charge is 0.465 e. The Hall–Kier alpha value is -1.84. The molecule has 0 heterocycles. The lowest BCUT2D eigenvalue weighted by Crippen LogP contribution is -2.26. The SMILES string of the molecule is CC(C)COC(=O)c1ccc2c(c1)CC[C@H](C(=O)OCC(C)C)C2. The van der Waals surface area contributed by atoms with E-state index in [1.54, 1.807) is 6.07 Å². The molecule has 0 aliphatic heterocycles. The first-order valence-electron chi connectivity index (χ1n) is 8.82. The summed E-state index contributed by atoms with van der Waals surface area (Å²) < 4.78 is 10.6. The lowest BCUT2D eigenvalue weighted by molar-refractivity contribution is -0.150. The number of carbonyl (C=O) groups excluding carboxylic acids is 2. The van der Waals surface area contributed by atoms with Gasteiger partial charge >= 0.3 is 11.9 Å². The van der Waals surface area contributed by atoms with Crippen LogP contribution in [0.2, 0.25) is 0 Å². The zero-order valence-electron chi connectivity index (χ0n) is 15.1. The second-order valence-electron chi connectivity index (χ2n) is 7.44. The maximum Gasteiger partial charge on any atom is 0.338 e. The Balaban J connectivity index is 1.98. The number of carbonyl (C=O) groups is 2. The third-order valence-electron chi connectivity index (χ3n) is 4.11. The van der Waals surface area contributed by atoms with E-state index in [9.17, 15) is 9.59 Å². The smallest absolute Gasteiger partial charge is 0.338 e. The summed E-state index contributed by atoms with van der Waals surface area (Å²) in [7, 11) is 0. The van der Waals surface area contributed by atoms with Gasteiger partial charge in [0, 0.05) is 0 Å². The Bertz CT molecular complexity index is 589. The van der Waals surface area contributed by atoms with Gasteiger partial charge in [-0.1, -0.05) is 33.8 Å². The standard InChI is InChI=1S/C20H28O4/c1-13(2)11-23-19(21)17-7-5-16-10-18(8-6-15(16)9-17)20(22)24-12-14(3)4/h5,7,9,13-14,18H,6,8,10-12H2,1-4H3/t18-/m0/s1. The molecule has 0 saturated heterocycles. The van der Waals surface area contributed by atoms with Crippen molar-refractivity contribution in [2.75, 3.05) is 13.2 Å². The third kappa shape index (κ3) is 5.08. The lowest BCUT2D eigenvalue weighted by atomic mass is 9.83. The number of hydrogen-bond donors (Lipinski definition) is 0. The summed E-state index contributed by atoms with van der Waals surface area (Å²) in [4.78, 5) is 24.2.